The van der Waals surface area contributed by atoms with Crippen molar-refractivity contribution in [3.63, 3.8) is 0 Å². The molecule has 4 heterocycles. The molecule has 12 rings (SSSR count). The number of hydrogen-bond acceptors (Lipinski definition) is 6. The van der Waals surface area contributed by atoms with Crippen molar-refractivity contribution in [3.8, 4) is 56.4 Å². The van der Waals surface area contributed by atoms with Crippen LogP contribution in [0.3, 0.4) is 0 Å². The van der Waals surface area contributed by atoms with Crippen LogP contribution in [0.4, 0.5) is 0 Å². The van der Waals surface area contributed by atoms with Gasteiger partial charge in [-0.1, -0.05) is 127 Å². The third-order valence-corrected chi connectivity index (χ3v) is 12.2. The van der Waals surface area contributed by atoms with Crippen LogP contribution in [-0.4, -0.2) is 15.0 Å². The van der Waals surface area contributed by atoms with E-state index in [2.05, 4.69) is 97.1 Å². The van der Waals surface area contributed by atoms with E-state index in [1.54, 1.807) is 0 Å². The van der Waals surface area contributed by atoms with Crippen LogP contribution < -0.4 is 0 Å². The van der Waals surface area contributed by atoms with Gasteiger partial charge in [0, 0.05) is 58.4 Å². The number of hydrogen-bond donors (Lipinski definition) is 0. The molecule has 57 heavy (non-hydrogen) atoms. The van der Waals surface area contributed by atoms with Gasteiger partial charge in [-0.25, -0.2) is 15.0 Å². The van der Waals surface area contributed by atoms with E-state index in [1.165, 1.54) is 25.7 Å². The van der Waals surface area contributed by atoms with E-state index < -0.39 is 0 Å². The molecule has 0 fully saturated rings. The van der Waals surface area contributed by atoms with E-state index in [4.69, 9.17) is 23.8 Å². The van der Waals surface area contributed by atoms with Crippen molar-refractivity contribution >= 4 is 75.4 Å². The van der Waals surface area contributed by atoms with Gasteiger partial charge in [-0.3, -0.25) is 0 Å². The van der Waals surface area contributed by atoms with E-state index in [9.17, 15) is 0 Å². The second kappa shape index (κ2) is 12.6. The monoisotopic (exact) mass is 747 g/mol. The van der Waals surface area contributed by atoms with Crippen molar-refractivity contribution in [3.05, 3.63) is 176 Å². The quantitative estimate of drug-likeness (QED) is 0.175. The van der Waals surface area contributed by atoms with Crippen molar-refractivity contribution in [1.82, 2.24) is 15.0 Å². The number of furan rings is 2. The Morgan fingerprint density at radius 2 is 0.965 bits per heavy atom. The van der Waals surface area contributed by atoms with Gasteiger partial charge in [-0.05, 0) is 65.2 Å². The zero-order chi connectivity index (χ0) is 37.5. The lowest BCUT2D eigenvalue weighted by Crippen LogP contribution is -2.00. The molecular weight excluding hydrogens is 719 g/mol. The van der Waals surface area contributed by atoms with Crippen LogP contribution in [-0.2, 0) is 0 Å². The minimum absolute atomic E-state index is 0.560. The van der Waals surface area contributed by atoms with Gasteiger partial charge in [0.15, 0.2) is 17.5 Å². The molecule has 0 atom stereocenters. The summed E-state index contributed by atoms with van der Waals surface area (Å²) < 4.78 is 15.6. The zero-order valence-corrected chi connectivity index (χ0v) is 31.1. The Morgan fingerprint density at radius 3 is 1.77 bits per heavy atom. The van der Waals surface area contributed by atoms with E-state index >= 15 is 0 Å². The van der Waals surface area contributed by atoms with Crippen LogP contribution in [0.5, 0.6) is 0 Å². The topological polar surface area (TPSA) is 65.0 Å². The fourth-order valence-electron chi connectivity index (χ4n) is 8.28. The zero-order valence-electron chi connectivity index (χ0n) is 30.3. The standard InChI is InChI=1S/C51H29N3O2S/c1-3-13-30(14-4-1)49-52-50(31-15-5-2-6-16-31)54-51(53-49)38-21-11-20-37-46-34(19-12-23-44(46)56-47(37)38)33-28-39(48-41(29-33)36-18-8-10-24-45(36)57-48)32-25-26-43-40(27-32)35-17-7-9-22-42(35)55-43/h1-29H. The number of para-hydroxylation sites is 2. The van der Waals surface area contributed by atoms with Crippen LogP contribution in [0.1, 0.15) is 0 Å². The van der Waals surface area contributed by atoms with Gasteiger partial charge in [-0.2, -0.15) is 0 Å². The van der Waals surface area contributed by atoms with Crippen LogP contribution in [0.2, 0.25) is 0 Å². The lowest BCUT2D eigenvalue weighted by atomic mass is 9.93. The fourth-order valence-corrected chi connectivity index (χ4v) is 9.50. The average molecular weight is 748 g/mol. The number of aromatic nitrogens is 3. The Morgan fingerprint density at radius 1 is 0.351 bits per heavy atom. The Kier molecular flexibility index (Phi) is 7.03. The van der Waals surface area contributed by atoms with Gasteiger partial charge < -0.3 is 8.83 Å². The molecule has 6 heteroatoms. The van der Waals surface area contributed by atoms with Gasteiger partial charge in [0.05, 0.1) is 5.56 Å². The van der Waals surface area contributed by atoms with Crippen LogP contribution in [0.15, 0.2) is 185 Å². The molecule has 0 N–H and O–H groups in total. The lowest BCUT2D eigenvalue weighted by molar-refractivity contribution is 0.669. The molecule has 5 nitrogen and oxygen atoms in total. The summed E-state index contributed by atoms with van der Waals surface area (Å²) in [6.07, 6.45) is 0. The first kappa shape index (κ1) is 31.9. The Labute approximate surface area is 330 Å². The van der Waals surface area contributed by atoms with Crippen LogP contribution in [0.25, 0.3) is 120 Å². The molecule has 0 aliphatic heterocycles. The molecule has 0 aliphatic carbocycles. The molecule has 0 bridgehead atoms. The van der Waals surface area contributed by atoms with E-state index in [0.717, 1.165) is 77.3 Å². The molecule has 8 aromatic carbocycles. The molecule has 0 aliphatic rings. The maximum Gasteiger partial charge on any atom is 0.167 e. The molecule has 4 aromatic heterocycles. The molecule has 0 radical (unpaired) electrons. The number of benzene rings is 8. The Bertz CT molecular complexity index is 3470. The maximum absolute atomic E-state index is 6.82. The summed E-state index contributed by atoms with van der Waals surface area (Å²) in [5.41, 5.74) is 10.5. The number of rotatable bonds is 5. The Hall–Kier alpha value is -7.41. The highest BCUT2D eigenvalue weighted by atomic mass is 32.1. The first-order chi connectivity index (χ1) is 28.2. The predicted molar refractivity (Wildman–Crippen MR) is 234 cm³/mol. The van der Waals surface area contributed by atoms with Crippen LogP contribution in [0, 0.1) is 0 Å². The molecule has 0 spiro atoms. The van der Waals surface area contributed by atoms with Gasteiger partial charge in [0.25, 0.3) is 0 Å². The Balaban J connectivity index is 1.09. The van der Waals surface area contributed by atoms with Gasteiger partial charge >= 0.3 is 0 Å². The van der Waals surface area contributed by atoms with E-state index in [-0.39, 0.29) is 0 Å². The fraction of sp³-hybridized carbons (Fsp3) is 0. The molecule has 0 saturated heterocycles. The molecule has 266 valence electrons. The van der Waals surface area contributed by atoms with Crippen molar-refractivity contribution < 1.29 is 8.83 Å². The van der Waals surface area contributed by atoms with Crippen molar-refractivity contribution in [2.45, 2.75) is 0 Å². The maximum atomic E-state index is 6.82. The average Bonchev–Trinajstić information content (AvgIpc) is 3.98. The summed E-state index contributed by atoms with van der Waals surface area (Å²) >= 11 is 1.84. The lowest BCUT2D eigenvalue weighted by Gasteiger charge is -2.11. The molecule has 0 amide bonds. The van der Waals surface area contributed by atoms with E-state index in [1.807, 2.05) is 90.2 Å². The normalized spacial score (nSPS) is 11.9. The third kappa shape index (κ3) is 5.12. The first-order valence-corrected chi connectivity index (χ1v) is 19.7. The highest BCUT2D eigenvalue weighted by Gasteiger charge is 2.21. The van der Waals surface area contributed by atoms with Crippen LogP contribution >= 0.6 is 11.3 Å². The number of thiophene rings is 1. The second-order valence-electron chi connectivity index (χ2n) is 14.3. The summed E-state index contributed by atoms with van der Waals surface area (Å²) in [4.78, 5) is 15.0. The molecular formula is C51H29N3O2S. The summed E-state index contributed by atoms with van der Waals surface area (Å²) in [5.74, 6) is 1.78. The highest BCUT2D eigenvalue weighted by Crippen LogP contribution is 2.46. The summed E-state index contributed by atoms with van der Waals surface area (Å²) in [6.45, 7) is 0. The summed E-state index contributed by atoms with van der Waals surface area (Å²) in [6, 6.07) is 61.0. The van der Waals surface area contributed by atoms with Crippen molar-refractivity contribution in [2.24, 2.45) is 0 Å². The number of fused-ring (bicyclic) bond motifs is 9. The smallest absolute Gasteiger partial charge is 0.167 e. The van der Waals surface area contributed by atoms with Gasteiger partial charge in [-0.15, -0.1) is 11.3 Å². The molecule has 12 aromatic rings. The summed E-state index contributed by atoms with van der Waals surface area (Å²) in [7, 11) is 0. The SMILES string of the molecule is c1ccc(-c2nc(-c3ccccc3)nc(-c3cccc4c3oc3cccc(-c5cc(-c6ccc7oc8ccccc8c7c6)c6sc7ccccc7c6c5)c34)n2)cc1. The summed E-state index contributed by atoms with van der Waals surface area (Å²) in [5, 5.41) is 6.77. The predicted octanol–water partition coefficient (Wildman–Crippen LogP) is 14.4. The number of nitrogens with zero attached hydrogens (tertiary/aromatic N) is 3. The minimum Gasteiger partial charge on any atom is -0.456 e. The van der Waals surface area contributed by atoms with Gasteiger partial charge in [0.1, 0.15) is 22.3 Å². The highest BCUT2D eigenvalue weighted by molar-refractivity contribution is 7.26. The van der Waals surface area contributed by atoms with Crippen molar-refractivity contribution in [2.75, 3.05) is 0 Å². The van der Waals surface area contributed by atoms with Crippen molar-refractivity contribution in [1.29, 1.82) is 0 Å². The molecule has 0 unspecified atom stereocenters. The largest absolute Gasteiger partial charge is 0.456 e. The minimum atomic E-state index is 0.560. The molecule has 0 saturated carbocycles. The second-order valence-corrected chi connectivity index (χ2v) is 15.4. The van der Waals surface area contributed by atoms with E-state index in [0.29, 0.717) is 17.5 Å². The van der Waals surface area contributed by atoms with Gasteiger partial charge in [0.2, 0.25) is 0 Å². The first-order valence-electron chi connectivity index (χ1n) is 18.9. The third-order valence-electron chi connectivity index (χ3n) is 10.9.